The van der Waals surface area contributed by atoms with Crippen molar-refractivity contribution < 1.29 is 20.7 Å². The Hall–Kier alpha value is -1.80. The van der Waals surface area contributed by atoms with E-state index in [0.717, 1.165) is 0 Å². The fourth-order valence-electron chi connectivity index (χ4n) is 2.47. The molecule has 0 saturated carbocycles. The molecule has 1 saturated heterocycles. The van der Waals surface area contributed by atoms with Crippen LogP contribution in [0.3, 0.4) is 0 Å². The smallest absolute Gasteiger partial charge is 0.284 e. The Morgan fingerprint density at radius 2 is 2.28 bits per heavy atom. The molecule has 0 radical (unpaired) electrons. The number of nitrogens with one attached hydrogen (secondary N) is 1. The Balaban J connectivity index is 2.55. The van der Waals surface area contributed by atoms with E-state index in [1.54, 1.807) is 0 Å². The summed E-state index contributed by atoms with van der Waals surface area (Å²) in [7, 11) is -4.53. The molecule has 1 unspecified atom stereocenters. The molecule has 1 amide bonds. The van der Waals surface area contributed by atoms with Gasteiger partial charge in [-0.2, -0.15) is 8.42 Å². The van der Waals surface area contributed by atoms with Crippen LogP contribution < -0.4 is 5.32 Å². The van der Waals surface area contributed by atoms with E-state index in [9.17, 15) is 18.0 Å². The SMILES string of the molecule is [2H]C1NCCC[C@]([2H])(N(C(=O)CCC(C)C)S(=O)(=O)c2ccccn2)C1=O. The number of amides is 1. The van der Waals surface area contributed by atoms with Crippen LogP contribution in [0, 0.1) is 5.92 Å². The van der Waals surface area contributed by atoms with Gasteiger partial charge in [-0.25, -0.2) is 9.29 Å². The topological polar surface area (TPSA) is 96.4 Å². The van der Waals surface area contributed by atoms with Gasteiger partial charge in [0.15, 0.2) is 10.8 Å². The van der Waals surface area contributed by atoms with E-state index in [4.69, 9.17) is 2.74 Å². The molecule has 1 aliphatic heterocycles. The maximum absolute atomic E-state index is 13.2. The summed E-state index contributed by atoms with van der Waals surface area (Å²) < 4.78 is 43.2. The molecule has 8 heteroatoms. The van der Waals surface area contributed by atoms with Gasteiger partial charge in [0.25, 0.3) is 10.0 Å². The summed E-state index contributed by atoms with van der Waals surface area (Å²) in [6.07, 6.45) is 1.68. The fraction of sp³-hybridized carbons (Fsp3) is 0.588. The summed E-state index contributed by atoms with van der Waals surface area (Å²) in [5, 5.41) is 2.23. The fourth-order valence-corrected chi connectivity index (χ4v) is 3.93. The first kappa shape index (κ1) is 16.7. The standard InChI is InChI=1S/C17H25N3O4S/c1-13(2)8-9-17(22)20(14-6-5-10-18-12-15(14)21)25(23,24)16-7-3-4-11-19-16/h3-4,7,11,13-14,18H,5-6,8-10,12H2,1-2H3/t14-/m0/s1/i12D,14D/t12?,14-. The molecule has 0 bridgehead atoms. The van der Waals surface area contributed by atoms with Gasteiger partial charge in [-0.3, -0.25) is 9.59 Å². The molecule has 138 valence electrons. The minimum Gasteiger partial charge on any atom is -0.310 e. The van der Waals surface area contributed by atoms with Crippen LogP contribution in [-0.2, 0) is 19.6 Å². The van der Waals surface area contributed by atoms with E-state index < -0.39 is 39.3 Å². The number of nitrogens with zero attached hydrogens (tertiary/aromatic N) is 2. The zero-order chi connectivity index (χ0) is 20.2. The molecule has 0 aliphatic carbocycles. The van der Waals surface area contributed by atoms with Gasteiger partial charge < -0.3 is 5.32 Å². The van der Waals surface area contributed by atoms with Crippen LogP contribution in [0.5, 0.6) is 0 Å². The number of pyridine rings is 1. The van der Waals surface area contributed by atoms with Gasteiger partial charge in [0, 0.05) is 12.6 Å². The average Bonchev–Trinajstić information content (AvgIpc) is 2.74. The molecule has 1 fully saturated rings. The maximum Gasteiger partial charge on any atom is 0.284 e. The molecule has 1 aromatic rings. The number of rotatable bonds is 6. The minimum absolute atomic E-state index is 0.117. The second-order valence-corrected chi connectivity index (χ2v) is 8.01. The molecular formula is C17H25N3O4S. The van der Waals surface area contributed by atoms with Crippen LogP contribution in [0.25, 0.3) is 0 Å². The van der Waals surface area contributed by atoms with Crippen LogP contribution in [0.1, 0.15) is 42.3 Å². The second-order valence-electron chi connectivity index (χ2n) is 6.28. The third kappa shape index (κ3) is 4.85. The zero-order valence-corrected chi connectivity index (χ0v) is 15.3. The van der Waals surface area contributed by atoms with Crippen molar-refractivity contribution in [2.75, 3.05) is 13.1 Å². The van der Waals surface area contributed by atoms with Gasteiger partial charge >= 0.3 is 0 Å². The number of carbonyl (C=O) groups excluding carboxylic acids is 2. The highest BCUT2D eigenvalue weighted by Crippen LogP contribution is 2.23. The quantitative estimate of drug-likeness (QED) is 0.813. The molecule has 0 aromatic carbocycles. The van der Waals surface area contributed by atoms with Crippen molar-refractivity contribution in [1.82, 2.24) is 14.6 Å². The van der Waals surface area contributed by atoms with Crippen molar-refractivity contribution in [3.05, 3.63) is 24.4 Å². The first-order valence-corrected chi connectivity index (χ1v) is 9.74. The van der Waals surface area contributed by atoms with Crippen LogP contribution >= 0.6 is 0 Å². The molecule has 2 heterocycles. The highest BCUT2D eigenvalue weighted by molar-refractivity contribution is 7.89. The number of carbonyl (C=O) groups is 2. The molecule has 2 rings (SSSR count). The zero-order valence-electron chi connectivity index (χ0n) is 16.4. The highest BCUT2D eigenvalue weighted by Gasteiger charge is 2.39. The van der Waals surface area contributed by atoms with Gasteiger partial charge in [0.05, 0.1) is 9.26 Å². The lowest BCUT2D eigenvalue weighted by molar-refractivity contribution is -0.134. The molecule has 7 nitrogen and oxygen atoms in total. The van der Waals surface area contributed by atoms with Gasteiger partial charge in [0.2, 0.25) is 5.91 Å². The number of Topliss-reactive ketones (excluding diaryl/α,β-unsaturated/α-hetero) is 1. The van der Waals surface area contributed by atoms with Crippen LogP contribution in [0.15, 0.2) is 29.4 Å². The molecule has 1 aromatic heterocycles. The van der Waals surface area contributed by atoms with Crippen LogP contribution in [-0.4, -0.2) is 48.5 Å². The normalized spacial score (nSPS) is 25.9. The monoisotopic (exact) mass is 369 g/mol. The summed E-state index contributed by atoms with van der Waals surface area (Å²) in [6, 6.07) is 1.83. The predicted octanol–water partition coefficient (Wildman–Crippen LogP) is 1.36. The first-order chi connectivity index (χ1) is 12.6. The van der Waals surface area contributed by atoms with Gasteiger partial charge in [0.1, 0.15) is 6.02 Å². The van der Waals surface area contributed by atoms with E-state index in [0.29, 0.717) is 10.7 Å². The van der Waals surface area contributed by atoms with Crippen molar-refractivity contribution in [3.8, 4) is 0 Å². The number of sulfonamides is 1. The summed E-state index contributed by atoms with van der Waals surface area (Å²) in [6.45, 7) is 2.60. The van der Waals surface area contributed by atoms with E-state index >= 15 is 0 Å². The Bertz CT molecular complexity index is 789. The van der Waals surface area contributed by atoms with E-state index in [1.165, 1.54) is 24.4 Å². The number of hydrogen-bond donors (Lipinski definition) is 1. The van der Waals surface area contributed by atoms with E-state index in [2.05, 4.69) is 10.3 Å². The summed E-state index contributed by atoms with van der Waals surface area (Å²) in [5.74, 6) is -1.64. The van der Waals surface area contributed by atoms with Crippen molar-refractivity contribution in [2.45, 2.75) is 50.6 Å². The average molecular weight is 369 g/mol. The Labute approximate surface area is 151 Å². The van der Waals surface area contributed by atoms with E-state index in [1.807, 2.05) is 13.8 Å². The van der Waals surface area contributed by atoms with Gasteiger partial charge in [-0.15, -0.1) is 0 Å². The first-order valence-electron chi connectivity index (χ1n) is 9.37. The number of hydrogen-bond acceptors (Lipinski definition) is 6. The van der Waals surface area contributed by atoms with Crippen molar-refractivity contribution in [3.63, 3.8) is 0 Å². The molecular weight excluding hydrogens is 342 g/mol. The molecule has 1 N–H and O–H groups in total. The van der Waals surface area contributed by atoms with Crippen LogP contribution in [0.4, 0.5) is 0 Å². The summed E-state index contributed by atoms with van der Waals surface area (Å²) >= 11 is 0. The van der Waals surface area contributed by atoms with Crippen molar-refractivity contribution >= 4 is 21.7 Å². The Morgan fingerprint density at radius 3 is 2.92 bits per heavy atom. The molecule has 0 spiro atoms. The van der Waals surface area contributed by atoms with Crippen LogP contribution in [0.2, 0.25) is 0 Å². The minimum atomic E-state index is -4.53. The number of aromatic nitrogens is 1. The lowest BCUT2D eigenvalue weighted by Crippen LogP contribution is -2.49. The third-order valence-corrected chi connectivity index (χ3v) is 5.48. The van der Waals surface area contributed by atoms with Gasteiger partial charge in [-0.05, 0) is 43.9 Å². The van der Waals surface area contributed by atoms with Crippen molar-refractivity contribution in [1.29, 1.82) is 0 Å². The lowest BCUT2D eigenvalue weighted by Gasteiger charge is -2.29. The second kappa shape index (κ2) is 8.53. The molecule has 1 aliphatic rings. The summed E-state index contributed by atoms with van der Waals surface area (Å²) in [4.78, 5) is 29.4. The summed E-state index contributed by atoms with van der Waals surface area (Å²) in [5.41, 5.74) is 0. The Morgan fingerprint density at radius 1 is 1.52 bits per heavy atom. The molecule has 2 atom stereocenters. The molecule has 25 heavy (non-hydrogen) atoms. The lowest BCUT2D eigenvalue weighted by atomic mass is 10.1. The third-order valence-electron chi connectivity index (χ3n) is 3.80. The predicted molar refractivity (Wildman–Crippen MR) is 93.2 cm³/mol. The largest absolute Gasteiger partial charge is 0.310 e. The highest BCUT2D eigenvalue weighted by atomic mass is 32.2. The van der Waals surface area contributed by atoms with E-state index in [-0.39, 0.29) is 31.7 Å². The Kier molecular flexibility index (Phi) is 5.68. The van der Waals surface area contributed by atoms with Crippen molar-refractivity contribution in [2.24, 2.45) is 5.92 Å². The number of ketones is 1. The maximum atomic E-state index is 13.2. The van der Waals surface area contributed by atoms with Gasteiger partial charge in [-0.1, -0.05) is 19.9 Å².